The summed E-state index contributed by atoms with van der Waals surface area (Å²) < 4.78 is 0. The van der Waals surface area contributed by atoms with Gasteiger partial charge in [-0.2, -0.15) is 5.26 Å². The van der Waals surface area contributed by atoms with Crippen LogP contribution in [0.3, 0.4) is 0 Å². The largest absolute Gasteiger partial charge is 0.387 e. The Morgan fingerprint density at radius 3 is 2.65 bits per heavy atom. The smallest absolute Gasteiger partial charge is 0.227 e. The highest BCUT2D eigenvalue weighted by atomic mass is 16.3. The van der Waals surface area contributed by atoms with Crippen molar-refractivity contribution in [1.29, 1.82) is 5.26 Å². The van der Waals surface area contributed by atoms with Crippen LogP contribution in [0.4, 0.5) is 5.69 Å². The molecule has 1 heterocycles. The van der Waals surface area contributed by atoms with E-state index in [0.717, 1.165) is 29.8 Å². The lowest BCUT2D eigenvalue weighted by Gasteiger charge is -2.21. The monoisotopic (exact) mass is 349 g/mol. The first-order chi connectivity index (χ1) is 12.6. The second-order valence-electron chi connectivity index (χ2n) is 6.62. The Kier molecular flexibility index (Phi) is 5.67. The van der Waals surface area contributed by atoms with Crippen LogP contribution >= 0.6 is 0 Å². The van der Waals surface area contributed by atoms with Crippen molar-refractivity contribution in [3.63, 3.8) is 0 Å². The molecule has 5 nitrogen and oxygen atoms in total. The Morgan fingerprint density at radius 1 is 1.23 bits per heavy atom. The number of benzene rings is 2. The first-order valence-corrected chi connectivity index (χ1v) is 8.90. The zero-order valence-corrected chi connectivity index (χ0v) is 14.9. The zero-order valence-electron chi connectivity index (χ0n) is 14.9. The normalized spacial score (nSPS) is 16.3. The fourth-order valence-corrected chi connectivity index (χ4v) is 3.19. The minimum atomic E-state index is -0.645. The number of aliphatic hydroxyl groups excluding tert-OH is 1. The van der Waals surface area contributed by atoms with Gasteiger partial charge >= 0.3 is 0 Å². The summed E-state index contributed by atoms with van der Waals surface area (Å²) in [6.07, 6.45) is 0.885. The Balaban J connectivity index is 1.61. The minimum absolute atomic E-state index is 0.0423. The van der Waals surface area contributed by atoms with E-state index in [4.69, 9.17) is 5.26 Å². The van der Waals surface area contributed by atoms with Crippen LogP contribution in [0.15, 0.2) is 48.5 Å². The fraction of sp³-hybridized carbons (Fsp3) is 0.333. The molecule has 0 unspecified atom stereocenters. The number of carbonyl (C=O) groups excluding carboxylic acids is 1. The van der Waals surface area contributed by atoms with Crippen LogP contribution in [0.25, 0.3) is 0 Å². The van der Waals surface area contributed by atoms with Crippen LogP contribution in [-0.2, 0) is 4.79 Å². The Bertz CT molecular complexity index is 811. The Labute approximate surface area is 153 Å². The fourth-order valence-electron chi connectivity index (χ4n) is 3.19. The summed E-state index contributed by atoms with van der Waals surface area (Å²) in [4.78, 5) is 13.8. The van der Waals surface area contributed by atoms with E-state index in [9.17, 15) is 9.90 Å². The number of anilines is 1. The number of nitrogens with zero attached hydrogens (tertiary/aromatic N) is 2. The molecule has 1 amide bonds. The average Bonchev–Trinajstić information content (AvgIpc) is 3.12. The molecule has 1 saturated heterocycles. The van der Waals surface area contributed by atoms with Crippen LogP contribution in [0.2, 0.25) is 0 Å². The number of hydrogen-bond donors (Lipinski definition) is 2. The summed E-state index contributed by atoms with van der Waals surface area (Å²) in [6.45, 7) is 3.22. The molecular formula is C21H23N3O2. The predicted molar refractivity (Wildman–Crippen MR) is 101 cm³/mol. The van der Waals surface area contributed by atoms with Gasteiger partial charge in [0, 0.05) is 31.2 Å². The first-order valence-electron chi connectivity index (χ1n) is 8.90. The van der Waals surface area contributed by atoms with E-state index < -0.39 is 6.10 Å². The third kappa shape index (κ3) is 4.10. The van der Waals surface area contributed by atoms with E-state index in [2.05, 4.69) is 11.4 Å². The molecule has 1 fully saturated rings. The van der Waals surface area contributed by atoms with E-state index in [0.29, 0.717) is 18.5 Å². The SMILES string of the molecule is C[C@H](NC[C@H](O)c1ccc(C#N)cc1)c1cccc(N2CCCC2=O)c1. The number of hydrogen-bond acceptors (Lipinski definition) is 4. The second kappa shape index (κ2) is 8.13. The number of aliphatic hydroxyl groups is 1. The number of rotatable bonds is 6. The number of carbonyl (C=O) groups is 1. The highest BCUT2D eigenvalue weighted by Gasteiger charge is 2.22. The summed E-state index contributed by atoms with van der Waals surface area (Å²) in [7, 11) is 0. The summed E-state index contributed by atoms with van der Waals surface area (Å²) in [5.74, 6) is 0.180. The van der Waals surface area contributed by atoms with E-state index in [1.807, 2.05) is 36.1 Å². The summed E-state index contributed by atoms with van der Waals surface area (Å²) >= 11 is 0. The van der Waals surface area contributed by atoms with Crippen molar-refractivity contribution in [1.82, 2.24) is 5.32 Å². The van der Waals surface area contributed by atoms with E-state index in [-0.39, 0.29) is 11.9 Å². The van der Waals surface area contributed by atoms with Gasteiger partial charge in [0.25, 0.3) is 0 Å². The molecule has 0 spiro atoms. The van der Waals surface area contributed by atoms with Crippen molar-refractivity contribution in [2.75, 3.05) is 18.0 Å². The van der Waals surface area contributed by atoms with Crippen LogP contribution < -0.4 is 10.2 Å². The molecule has 2 N–H and O–H groups in total. The predicted octanol–water partition coefficient (Wildman–Crippen LogP) is 3.07. The lowest BCUT2D eigenvalue weighted by molar-refractivity contribution is -0.117. The van der Waals surface area contributed by atoms with Crippen LogP contribution in [0.1, 0.15) is 48.6 Å². The van der Waals surface area contributed by atoms with E-state index in [1.54, 1.807) is 24.3 Å². The van der Waals surface area contributed by atoms with Crippen molar-refractivity contribution < 1.29 is 9.90 Å². The highest BCUT2D eigenvalue weighted by Crippen LogP contribution is 2.25. The molecule has 5 heteroatoms. The molecule has 1 aliphatic rings. The zero-order chi connectivity index (χ0) is 18.5. The van der Waals surface area contributed by atoms with Gasteiger partial charge in [-0.15, -0.1) is 0 Å². The topological polar surface area (TPSA) is 76.4 Å². The van der Waals surface area contributed by atoms with Crippen molar-refractivity contribution in [2.45, 2.75) is 31.9 Å². The van der Waals surface area contributed by atoms with Gasteiger partial charge in [0.05, 0.1) is 17.7 Å². The molecule has 0 radical (unpaired) electrons. The van der Waals surface area contributed by atoms with Crippen molar-refractivity contribution >= 4 is 11.6 Å². The Morgan fingerprint density at radius 2 is 2.00 bits per heavy atom. The maximum atomic E-state index is 11.9. The number of nitrogens with one attached hydrogen (secondary N) is 1. The average molecular weight is 349 g/mol. The van der Waals surface area contributed by atoms with Gasteiger partial charge in [-0.25, -0.2) is 0 Å². The van der Waals surface area contributed by atoms with Crippen molar-refractivity contribution in [2.24, 2.45) is 0 Å². The van der Waals surface area contributed by atoms with Crippen molar-refractivity contribution in [3.05, 3.63) is 65.2 Å². The molecule has 134 valence electrons. The van der Waals surface area contributed by atoms with Crippen LogP contribution in [-0.4, -0.2) is 24.1 Å². The quantitative estimate of drug-likeness (QED) is 0.840. The number of nitriles is 1. The van der Waals surface area contributed by atoms with Gasteiger partial charge in [-0.3, -0.25) is 4.79 Å². The van der Waals surface area contributed by atoms with Gasteiger partial charge < -0.3 is 15.3 Å². The molecule has 1 aliphatic heterocycles. The van der Waals surface area contributed by atoms with Crippen LogP contribution in [0, 0.1) is 11.3 Å². The first kappa shape index (κ1) is 18.1. The lowest BCUT2D eigenvalue weighted by Crippen LogP contribution is -2.26. The summed E-state index contributed by atoms with van der Waals surface area (Å²) in [5, 5.41) is 22.5. The van der Waals surface area contributed by atoms with E-state index >= 15 is 0 Å². The van der Waals surface area contributed by atoms with Crippen molar-refractivity contribution in [3.8, 4) is 6.07 Å². The molecule has 2 aromatic rings. The van der Waals surface area contributed by atoms with Gasteiger partial charge in [-0.1, -0.05) is 24.3 Å². The molecule has 2 atom stereocenters. The molecule has 0 aromatic heterocycles. The van der Waals surface area contributed by atoms with Gasteiger partial charge in [0.1, 0.15) is 0 Å². The molecule has 0 bridgehead atoms. The van der Waals surface area contributed by atoms with Crippen LogP contribution in [0.5, 0.6) is 0 Å². The molecule has 3 rings (SSSR count). The molecular weight excluding hydrogens is 326 g/mol. The maximum Gasteiger partial charge on any atom is 0.227 e. The molecule has 26 heavy (non-hydrogen) atoms. The summed E-state index contributed by atoms with van der Waals surface area (Å²) in [5.41, 5.74) is 3.37. The maximum absolute atomic E-state index is 11.9. The van der Waals surface area contributed by atoms with Gasteiger partial charge in [0.15, 0.2) is 0 Å². The molecule has 2 aromatic carbocycles. The van der Waals surface area contributed by atoms with Gasteiger partial charge in [0.2, 0.25) is 5.91 Å². The Hall–Kier alpha value is -2.68. The lowest BCUT2D eigenvalue weighted by atomic mass is 10.0. The minimum Gasteiger partial charge on any atom is -0.387 e. The number of amides is 1. The molecule has 0 saturated carbocycles. The standard InChI is InChI=1S/C21H23N3O2/c1-15(23-14-20(25)17-9-7-16(13-22)8-10-17)18-4-2-5-19(12-18)24-11-3-6-21(24)26/h2,4-5,7-10,12,15,20,23,25H,3,6,11,14H2,1H3/t15-,20-/m0/s1. The van der Waals surface area contributed by atoms with E-state index in [1.165, 1.54) is 0 Å². The molecule has 0 aliphatic carbocycles. The van der Waals surface area contributed by atoms with Gasteiger partial charge in [-0.05, 0) is 48.7 Å². The third-order valence-electron chi connectivity index (χ3n) is 4.80. The third-order valence-corrected chi connectivity index (χ3v) is 4.80. The highest BCUT2D eigenvalue weighted by molar-refractivity contribution is 5.95. The second-order valence-corrected chi connectivity index (χ2v) is 6.62. The summed E-state index contributed by atoms with van der Waals surface area (Å²) in [6, 6.07) is 17.1.